The minimum atomic E-state index is 0.286. The molecule has 1 aliphatic heterocycles. The highest BCUT2D eigenvalue weighted by Gasteiger charge is 2.25. The van der Waals surface area contributed by atoms with Gasteiger partial charge in [-0.25, -0.2) is 0 Å². The third-order valence-electron chi connectivity index (χ3n) is 3.50. The number of hydrogen-bond acceptors (Lipinski definition) is 3. The van der Waals surface area contributed by atoms with Gasteiger partial charge in [-0.05, 0) is 52.4 Å². The van der Waals surface area contributed by atoms with E-state index in [4.69, 9.17) is 4.74 Å². The predicted molar refractivity (Wildman–Crippen MR) is 75.7 cm³/mol. The summed E-state index contributed by atoms with van der Waals surface area (Å²) in [6, 6.07) is 5.61. The Kier molecular flexibility index (Phi) is 5.03. The van der Waals surface area contributed by atoms with E-state index >= 15 is 0 Å². The van der Waals surface area contributed by atoms with Crippen LogP contribution in [0.25, 0.3) is 0 Å². The van der Waals surface area contributed by atoms with Gasteiger partial charge in [0.05, 0.1) is 10.6 Å². The lowest BCUT2D eigenvalue weighted by atomic mass is 9.99. The molecule has 2 unspecified atom stereocenters. The highest BCUT2D eigenvalue weighted by molar-refractivity contribution is 9.10. The van der Waals surface area contributed by atoms with Gasteiger partial charge in [-0.2, -0.15) is 0 Å². The summed E-state index contributed by atoms with van der Waals surface area (Å²) >= 11 is 3.33. The zero-order valence-electron chi connectivity index (χ0n) is 10.7. The van der Waals surface area contributed by atoms with E-state index < -0.39 is 0 Å². The molecule has 2 N–H and O–H groups in total. The number of ether oxygens (including phenoxy) is 1. The number of aromatic hydroxyl groups is 1. The van der Waals surface area contributed by atoms with E-state index in [1.54, 1.807) is 6.07 Å². The van der Waals surface area contributed by atoms with Crippen LogP contribution in [0.5, 0.6) is 5.75 Å². The molecule has 0 aliphatic carbocycles. The Bertz CT molecular complexity index is 397. The van der Waals surface area contributed by atoms with Crippen molar-refractivity contribution in [1.29, 1.82) is 0 Å². The molecule has 1 fully saturated rings. The Labute approximate surface area is 117 Å². The lowest BCUT2D eigenvalue weighted by Crippen LogP contribution is -2.27. The molecule has 0 aromatic heterocycles. The van der Waals surface area contributed by atoms with Gasteiger partial charge in [0.25, 0.3) is 0 Å². The molecule has 100 valence electrons. The van der Waals surface area contributed by atoms with Crippen molar-refractivity contribution in [2.45, 2.75) is 32.4 Å². The summed E-state index contributed by atoms with van der Waals surface area (Å²) in [4.78, 5) is 0. The summed E-state index contributed by atoms with van der Waals surface area (Å²) in [5.74, 6) is 0.921. The molecule has 1 saturated heterocycles. The molecule has 0 saturated carbocycles. The Hall–Kier alpha value is -0.580. The van der Waals surface area contributed by atoms with E-state index in [-0.39, 0.29) is 5.75 Å². The van der Waals surface area contributed by atoms with Crippen LogP contribution in [0.4, 0.5) is 0 Å². The van der Waals surface area contributed by atoms with E-state index in [9.17, 15) is 5.11 Å². The summed E-state index contributed by atoms with van der Waals surface area (Å²) in [6.45, 7) is 4.90. The van der Waals surface area contributed by atoms with Crippen LogP contribution in [0.1, 0.15) is 25.3 Å². The molecular weight excluding hydrogens is 294 g/mol. The maximum atomic E-state index is 9.42. The second kappa shape index (κ2) is 6.55. The minimum Gasteiger partial charge on any atom is -0.507 e. The Morgan fingerprint density at radius 3 is 3.06 bits per heavy atom. The highest BCUT2D eigenvalue weighted by atomic mass is 79.9. The lowest BCUT2D eigenvalue weighted by Gasteiger charge is -2.17. The van der Waals surface area contributed by atoms with Crippen molar-refractivity contribution in [1.82, 2.24) is 5.32 Å². The number of phenolic OH excluding ortho intramolecular Hbond substituents is 1. The molecule has 3 nitrogen and oxygen atoms in total. The second-order valence-corrected chi connectivity index (χ2v) is 5.64. The molecule has 1 aromatic carbocycles. The first-order valence-electron chi connectivity index (χ1n) is 6.50. The van der Waals surface area contributed by atoms with Crippen molar-refractivity contribution >= 4 is 15.9 Å². The first-order chi connectivity index (χ1) is 8.70. The van der Waals surface area contributed by atoms with Gasteiger partial charge in [-0.1, -0.05) is 13.0 Å². The van der Waals surface area contributed by atoms with Crippen LogP contribution in [0.3, 0.4) is 0 Å². The summed E-state index contributed by atoms with van der Waals surface area (Å²) in [7, 11) is 0. The first-order valence-corrected chi connectivity index (χ1v) is 7.29. The molecule has 0 spiro atoms. The monoisotopic (exact) mass is 313 g/mol. The molecule has 4 heteroatoms. The van der Waals surface area contributed by atoms with Crippen LogP contribution in [-0.4, -0.2) is 24.4 Å². The number of phenols is 1. The van der Waals surface area contributed by atoms with Crippen molar-refractivity contribution < 1.29 is 9.84 Å². The molecule has 1 aromatic rings. The fraction of sp³-hybridized carbons (Fsp3) is 0.571. The third kappa shape index (κ3) is 3.46. The number of rotatable bonds is 5. The number of hydrogen-bond donors (Lipinski definition) is 2. The maximum absolute atomic E-state index is 9.42. The number of benzene rings is 1. The van der Waals surface area contributed by atoms with Gasteiger partial charge in [0.1, 0.15) is 5.75 Å². The smallest absolute Gasteiger partial charge is 0.129 e. The van der Waals surface area contributed by atoms with Gasteiger partial charge >= 0.3 is 0 Å². The summed E-state index contributed by atoms with van der Waals surface area (Å²) in [5.41, 5.74) is 1.17. The van der Waals surface area contributed by atoms with Crippen LogP contribution in [0.2, 0.25) is 0 Å². The van der Waals surface area contributed by atoms with Crippen molar-refractivity contribution in [3.63, 3.8) is 0 Å². The fourth-order valence-electron chi connectivity index (χ4n) is 2.44. The van der Waals surface area contributed by atoms with Crippen LogP contribution < -0.4 is 5.32 Å². The van der Waals surface area contributed by atoms with Gasteiger partial charge in [-0.15, -0.1) is 0 Å². The average Bonchev–Trinajstić information content (AvgIpc) is 2.81. The molecule has 1 aliphatic rings. The van der Waals surface area contributed by atoms with Crippen LogP contribution >= 0.6 is 15.9 Å². The quantitative estimate of drug-likeness (QED) is 0.878. The zero-order chi connectivity index (χ0) is 13.0. The summed E-state index contributed by atoms with van der Waals surface area (Å²) < 4.78 is 6.42. The molecule has 0 radical (unpaired) electrons. The van der Waals surface area contributed by atoms with Gasteiger partial charge in [0.2, 0.25) is 0 Å². The Balaban J connectivity index is 1.79. The van der Waals surface area contributed by atoms with Crippen molar-refractivity contribution in [3.8, 4) is 5.75 Å². The van der Waals surface area contributed by atoms with Gasteiger partial charge in [-0.3, -0.25) is 0 Å². The van der Waals surface area contributed by atoms with Gasteiger partial charge in [0.15, 0.2) is 0 Å². The maximum Gasteiger partial charge on any atom is 0.129 e. The molecule has 0 amide bonds. The van der Waals surface area contributed by atoms with Crippen LogP contribution in [-0.2, 0) is 11.3 Å². The Morgan fingerprint density at radius 2 is 2.33 bits per heavy atom. The SMILES string of the molecule is CCC1OCCC1CNCc1ccc(O)c(Br)c1. The van der Waals surface area contributed by atoms with Gasteiger partial charge in [0, 0.05) is 19.7 Å². The summed E-state index contributed by atoms with van der Waals surface area (Å²) in [5, 5.41) is 12.9. The molecule has 18 heavy (non-hydrogen) atoms. The van der Waals surface area contributed by atoms with E-state index in [0.29, 0.717) is 12.0 Å². The van der Waals surface area contributed by atoms with Crippen LogP contribution in [0.15, 0.2) is 22.7 Å². The molecular formula is C14H20BrNO2. The molecule has 2 rings (SSSR count). The normalized spacial score (nSPS) is 23.4. The van der Waals surface area contributed by atoms with Gasteiger partial charge < -0.3 is 15.2 Å². The first kappa shape index (κ1) is 13.8. The summed E-state index contributed by atoms with van der Waals surface area (Å²) in [6.07, 6.45) is 2.67. The molecule has 2 atom stereocenters. The number of halogens is 1. The third-order valence-corrected chi connectivity index (χ3v) is 4.13. The highest BCUT2D eigenvalue weighted by Crippen LogP contribution is 2.25. The Morgan fingerprint density at radius 1 is 1.50 bits per heavy atom. The predicted octanol–water partition coefficient (Wildman–Crippen LogP) is 3.06. The van der Waals surface area contributed by atoms with E-state index in [0.717, 1.165) is 37.0 Å². The van der Waals surface area contributed by atoms with E-state index in [2.05, 4.69) is 28.2 Å². The molecule has 1 heterocycles. The molecule has 0 bridgehead atoms. The van der Waals surface area contributed by atoms with E-state index in [1.165, 1.54) is 5.56 Å². The second-order valence-electron chi connectivity index (χ2n) is 4.78. The number of nitrogens with one attached hydrogen (secondary N) is 1. The zero-order valence-corrected chi connectivity index (χ0v) is 12.2. The standard InChI is InChI=1S/C14H20BrNO2/c1-2-14-11(5-6-18-14)9-16-8-10-3-4-13(17)12(15)7-10/h3-4,7,11,14,16-17H,2,5-6,8-9H2,1H3. The van der Waals surface area contributed by atoms with Crippen molar-refractivity contribution in [2.24, 2.45) is 5.92 Å². The largest absolute Gasteiger partial charge is 0.507 e. The fourth-order valence-corrected chi connectivity index (χ4v) is 2.87. The average molecular weight is 314 g/mol. The van der Waals surface area contributed by atoms with Crippen molar-refractivity contribution in [2.75, 3.05) is 13.2 Å². The van der Waals surface area contributed by atoms with Crippen LogP contribution in [0, 0.1) is 5.92 Å². The minimum absolute atomic E-state index is 0.286. The van der Waals surface area contributed by atoms with E-state index in [1.807, 2.05) is 12.1 Å². The van der Waals surface area contributed by atoms with Crippen molar-refractivity contribution in [3.05, 3.63) is 28.2 Å². The lowest BCUT2D eigenvalue weighted by molar-refractivity contribution is 0.0872. The topological polar surface area (TPSA) is 41.5 Å².